The second-order valence-electron chi connectivity index (χ2n) is 6.91. The Balaban J connectivity index is 1.90. The van der Waals surface area contributed by atoms with Crippen molar-refractivity contribution in [2.24, 2.45) is 0 Å². The predicted octanol–water partition coefficient (Wildman–Crippen LogP) is 2.36. The van der Waals surface area contributed by atoms with E-state index in [4.69, 9.17) is 4.74 Å². The molecule has 0 heterocycles. The third kappa shape index (κ3) is 5.82. The number of nitrogens with one attached hydrogen (secondary N) is 2. The van der Waals surface area contributed by atoms with E-state index < -0.39 is 17.4 Å². The Labute approximate surface area is 159 Å². The van der Waals surface area contributed by atoms with Crippen molar-refractivity contribution in [1.29, 1.82) is 0 Å². The molecule has 2 amide bonds. The van der Waals surface area contributed by atoms with Crippen LogP contribution in [0.5, 0.6) is 5.75 Å². The van der Waals surface area contributed by atoms with Crippen LogP contribution in [-0.4, -0.2) is 36.2 Å². The minimum absolute atomic E-state index is 0.0436. The van der Waals surface area contributed by atoms with E-state index in [0.29, 0.717) is 12.1 Å². The maximum Gasteiger partial charge on any atom is 0.313 e. The highest BCUT2D eigenvalue weighted by Crippen LogP contribution is 2.18. The standard InChI is InChI=1S/C21H26N2O4/c1-14-6-5-7-18(15(14)2)23-20(25)19(24)22-13-21(3,26)12-16-8-10-17(27-4)11-9-16/h5-11,26H,12-13H2,1-4H3,(H,22,24)(H,23,25). The SMILES string of the molecule is COc1ccc(CC(C)(O)CNC(=O)C(=O)Nc2cccc(C)c2C)cc1. The highest BCUT2D eigenvalue weighted by molar-refractivity contribution is 6.39. The van der Waals surface area contributed by atoms with E-state index in [1.165, 1.54) is 0 Å². The molecule has 1 atom stereocenters. The van der Waals surface area contributed by atoms with Crippen molar-refractivity contribution in [1.82, 2.24) is 5.32 Å². The van der Waals surface area contributed by atoms with Gasteiger partial charge in [0.05, 0.1) is 12.7 Å². The first kappa shape index (κ1) is 20.5. The van der Waals surface area contributed by atoms with Gasteiger partial charge in [0.1, 0.15) is 5.75 Å². The topological polar surface area (TPSA) is 87.7 Å². The molecule has 0 spiro atoms. The van der Waals surface area contributed by atoms with Crippen LogP contribution < -0.4 is 15.4 Å². The normalized spacial score (nSPS) is 12.8. The molecule has 0 aliphatic heterocycles. The summed E-state index contributed by atoms with van der Waals surface area (Å²) in [7, 11) is 1.59. The number of hydrogen-bond acceptors (Lipinski definition) is 4. The summed E-state index contributed by atoms with van der Waals surface area (Å²) >= 11 is 0. The van der Waals surface area contributed by atoms with Crippen LogP contribution >= 0.6 is 0 Å². The summed E-state index contributed by atoms with van der Waals surface area (Å²) in [6.45, 7) is 5.38. The van der Waals surface area contributed by atoms with Gasteiger partial charge in [0, 0.05) is 18.7 Å². The number of amides is 2. The van der Waals surface area contributed by atoms with E-state index in [2.05, 4.69) is 10.6 Å². The molecule has 0 saturated heterocycles. The molecule has 2 rings (SSSR count). The number of benzene rings is 2. The lowest BCUT2D eigenvalue weighted by atomic mass is 9.96. The first-order valence-electron chi connectivity index (χ1n) is 8.72. The Kier molecular flexibility index (Phi) is 6.58. The molecule has 27 heavy (non-hydrogen) atoms. The molecular weight excluding hydrogens is 344 g/mol. The van der Waals surface area contributed by atoms with Crippen molar-refractivity contribution in [3.63, 3.8) is 0 Å². The predicted molar refractivity (Wildman–Crippen MR) is 105 cm³/mol. The summed E-state index contributed by atoms with van der Waals surface area (Å²) in [5.41, 5.74) is 2.24. The third-order valence-corrected chi connectivity index (χ3v) is 4.43. The van der Waals surface area contributed by atoms with Crippen molar-refractivity contribution < 1.29 is 19.4 Å². The molecule has 0 aliphatic rings. The number of aliphatic hydroxyl groups is 1. The zero-order valence-electron chi connectivity index (χ0n) is 16.1. The van der Waals surface area contributed by atoms with Gasteiger partial charge in [-0.15, -0.1) is 0 Å². The monoisotopic (exact) mass is 370 g/mol. The number of methoxy groups -OCH3 is 1. The summed E-state index contributed by atoms with van der Waals surface area (Å²) in [6.07, 6.45) is 0.329. The molecule has 2 aromatic rings. The summed E-state index contributed by atoms with van der Waals surface area (Å²) in [6, 6.07) is 12.8. The maximum atomic E-state index is 12.1. The van der Waals surface area contributed by atoms with Gasteiger partial charge in [0.15, 0.2) is 0 Å². The smallest absolute Gasteiger partial charge is 0.313 e. The van der Waals surface area contributed by atoms with Crippen LogP contribution in [0.2, 0.25) is 0 Å². The molecular formula is C21H26N2O4. The van der Waals surface area contributed by atoms with Gasteiger partial charge in [-0.25, -0.2) is 0 Å². The zero-order chi connectivity index (χ0) is 20.0. The summed E-state index contributed by atoms with van der Waals surface area (Å²) < 4.78 is 5.11. The molecule has 0 bridgehead atoms. The van der Waals surface area contributed by atoms with Crippen LogP contribution in [0.3, 0.4) is 0 Å². The molecule has 0 aromatic heterocycles. The Morgan fingerprint density at radius 2 is 1.74 bits per heavy atom. The van der Waals surface area contributed by atoms with Gasteiger partial charge >= 0.3 is 11.8 Å². The van der Waals surface area contributed by atoms with Crippen molar-refractivity contribution in [2.45, 2.75) is 32.8 Å². The summed E-state index contributed by atoms with van der Waals surface area (Å²) in [4.78, 5) is 24.2. The molecule has 6 nitrogen and oxygen atoms in total. The molecule has 0 radical (unpaired) electrons. The van der Waals surface area contributed by atoms with Crippen LogP contribution in [0.25, 0.3) is 0 Å². The molecule has 0 saturated carbocycles. The van der Waals surface area contributed by atoms with Gasteiger partial charge in [0.2, 0.25) is 0 Å². The average molecular weight is 370 g/mol. The van der Waals surface area contributed by atoms with E-state index in [1.54, 1.807) is 20.1 Å². The van der Waals surface area contributed by atoms with Crippen LogP contribution in [0.15, 0.2) is 42.5 Å². The lowest BCUT2D eigenvalue weighted by Gasteiger charge is -2.23. The molecule has 3 N–H and O–H groups in total. The summed E-state index contributed by atoms with van der Waals surface area (Å²) in [5, 5.41) is 15.6. The van der Waals surface area contributed by atoms with Gasteiger partial charge < -0.3 is 20.5 Å². The Hall–Kier alpha value is -2.86. The first-order chi connectivity index (χ1) is 12.7. The van der Waals surface area contributed by atoms with E-state index >= 15 is 0 Å². The number of carbonyl (C=O) groups is 2. The molecule has 144 valence electrons. The van der Waals surface area contributed by atoms with E-state index in [-0.39, 0.29) is 6.54 Å². The first-order valence-corrected chi connectivity index (χ1v) is 8.72. The van der Waals surface area contributed by atoms with Gasteiger partial charge in [-0.1, -0.05) is 24.3 Å². The van der Waals surface area contributed by atoms with Gasteiger partial charge in [-0.05, 0) is 55.7 Å². The van der Waals surface area contributed by atoms with Crippen molar-refractivity contribution in [2.75, 3.05) is 19.0 Å². The van der Waals surface area contributed by atoms with Crippen molar-refractivity contribution in [3.8, 4) is 5.75 Å². The Bertz CT molecular complexity index is 813. The van der Waals surface area contributed by atoms with E-state index in [9.17, 15) is 14.7 Å². The average Bonchev–Trinajstić information content (AvgIpc) is 2.64. The summed E-state index contributed by atoms with van der Waals surface area (Å²) in [5.74, 6) is -0.815. The number of hydrogen-bond donors (Lipinski definition) is 3. The fourth-order valence-electron chi connectivity index (χ4n) is 2.66. The van der Waals surface area contributed by atoms with E-state index in [1.807, 2.05) is 50.2 Å². The van der Waals surface area contributed by atoms with Crippen LogP contribution in [0.1, 0.15) is 23.6 Å². The number of carbonyl (C=O) groups excluding carboxylic acids is 2. The second-order valence-corrected chi connectivity index (χ2v) is 6.91. The number of rotatable bonds is 6. The molecule has 2 aromatic carbocycles. The highest BCUT2D eigenvalue weighted by Gasteiger charge is 2.24. The van der Waals surface area contributed by atoms with Crippen LogP contribution in [-0.2, 0) is 16.0 Å². The molecule has 0 aliphatic carbocycles. The van der Waals surface area contributed by atoms with Gasteiger partial charge in [-0.3, -0.25) is 9.59 Å². The number of ether oxygens (including phenoxy) is 1. The van der Waals surface area contributed by atoms with Gasteiger partial charge in [-0.2, -0.15) is 0 Å². The quantitative estimate of drug-likeness (QED) is 0.681. The maximum absolute atomic E-state index is 12.1. The van der Waals surface area contributed by atoms with E-state index in [0.717, 1.165) is 22.4 Å². The zero-order valence-corrected chi connectivity index (χ0v) is 16.1. The number of anilines is 1. The van der Waals surface area contributed by atoms with Gasteiger partial charge in [0.25, 0.3) is 0 Å². The Morgan fingerprint density at radius 3 is 2.37 bits per heavy atom. The Morgan fingerprint density at radius 1 is 1.07 bits per heavy atom. The molecule has 1 unspecified atom stereocenters. The molecule has 6 heteroatoms. The highest BCUT2D eigenvalue weighted by atomic mass is 16.5. The van der Waals surface area contributed by atoms with Crippen molar-refractivity contribution >= 4 is 17.5 Å². The lowest BCUT2D eigenvalue weighted by Crippen LogP contribution is -2.45. The molecule has 0 fully saturated rings. The fraction of sp³-hybridized carbons (Fsp3) is 0.333. The third-order valence-electron chi connectivity index (χ3n) is 4.43. The van der Waals surface area contributed by atoms with Crippen molar-refractivity contribution in [3.05, 3.63) is 59.2 Å². The fourth-order valence-corrected chi connectivity index (χ4v) is 2.66. The number of aryl methyl sites for hydroxylation is 1. The largest absolute Gasteiger partial charge is 0.497 e. The minimum Gasteiger partial charge on any atom is -0.497 e. The minimum atomic E-state index is -1.19. The second kappa shape index (κ2) is 8.68. The van der Waals surface area contributed by atoms with Crippen LogP contribution in [0, 0.1) is 13.8 Å². The van der Waals surface area contributed by atoms with Crippen LogP contribution in [0.4, 0.5) is 5.69 Å². The lowest BCUT2D eigenvalue weighted by molar-refractivity contribution is -0.136.